The van der Waals surface area contributed by atoms with Crippen LogP contribution in [0.15, 0.2) is 95.0 Å². The number of pyridine rings is 2. The SMILES string of the molecule is CC(C)(C)OC(=O)N(Cc1cnc2cc(-c3cccc(-c4cccc(-c5ccn6c(=O)c(CN(C[C@@H]7CCC(=O)N7)C(=O)OC(C)(C)C)cnc6c5)c4Cl)c3Cl)ccn2c1=O)C[C@@H]1CCC(=O)N1. The maximum Gasteiger partial charge on any atom is 0.410 e. The van der Waals surface area contributed by atoms with Crippen LogP contribution in [0.2, 0.25) is 10.0 Å². The van der Waals surface area contributed by atoms with Gasteiger partial charge >= 0.3 is 12.2 Å². The predicted octanol–water partition coefficient (Wildman–Crippen LogP) is 8.04. The summed E-state index contributed by atoms with van der Waals surface area (Å²) in [5.74, 6) is -0.172. The van der Waals surface area contributed by atoms with Gasteiger partial charge in [0, 0.05) is 85.1 Å². The zero-order valence-corrected chi connectivity index (χ0v) is 40.1. The monoisotopic (exact) mass is 962 g/mol. The zero-order chi connectivity index (χ0) is 48.7. The molecule has 18 heteroatoms. The lowest BCUT2D eigenvalue weighted by molar-refractivity contribution is -0.120. The summed E-state index contributed by atoms with van der Waals surface area (Å²) in [6, 6.07) is 17.7. The summed E-state index contributed by atoms with van der Waals surface area (Å²) in [5.41, 5.74) is 3.05. The highest BCUT2D eigenvalue weighted by Gasteiger charge is 2.31. The highest BCUT2D eigenvalue weighted by Crippen LogP contribution is 2.42. The van der Waals surface area contributed by atoms with Gasteiger partial charge in [0.1, 0.15) is 22.5 Å². The van der Waals surface area contributed by atoms with Crippen molar-refractivity contribution in [3.8, 4) is 33.4 Å². The third-order valence-electron chi connectivity index (χ3n) is 11.5. The maximum atomic E-state index is 13.9. The molecule has 354 valence electrons. The van der Waals surface area contributed by atoms with Crippen LogP contribution in [0.1, 0.15) is 78.4 Å². The Balaban J connectivity index is 1.04. The molecule has 0 aliphatic carbocycles. The van der Waals surface area contributed by atoms with Crippen LogP contribution >= 0.6 is 23.2 Å². The highest BCUT2D eigenvalue weighted by molar-refractivity contribution is 6.39. The van der Waals surface area contributed by atoms with Crippen LogP contribution in [0.5, 0.6) is 0 Å². The van der Waals surface area contributed by atoms with Crippen LogP contribution in [0.25, 0.3) is 44.7 Å². The van der Waals surface area contributed by atoms with E-state index in [0.717, 1.165) is 0 Å². The number of nitrogens with zero attached hydrogens (tertiary/aromatic N) is 6. The van der Waals surface area contributed by atoms with E-state index in [1.807, 2.05) is 36.4 Å². The quantitative estimate of drug-likeness (QED) is 0.129. The van der Waals surface area contributed by atoms with Gasteiger partial charge in [-0.25, -0.2) is 19.6 Å². The minimum absolute atomic E-state index is 0.0684. The topological polar surface area (TPSA) is 186 Å². The Kier molecular flexibility index (Phi) is 13.4. The Bertz CT molecular complexity index is 2900. The van der Waals surface area contributed by atoms with Gasteiger partial charge in [0.05, 0.1) is 34.3 Å². The molecule has 2 aliphatic rings. The normalized spacial score (nSPS) is 16.2. The van der Waals surface area contributed by atoms with Crippen LogP contribution in [-0.4, -0.2) is 88.9 Å². The number of hydrogen-bond donors (Lipinski definition) is 2. The van der Waals surface area contributed by atoms with Crippen LogP contribution in [0.3, 0.4) is 0 Å². The number of hydrogen-bond acceptors (Lipinski definition) is 10. The number of amides is 4. The van der Waals surface area contributed by atoms with Crippen LogP contribution in [0.4, 0.5) is 9.59 Å². The molecule has 6 aromatic rings. The molecule has 0 bridgehead atoms. The number of fused-ring (bicyclic) bond motifs is 2. The fraction of sp³-hybridized carbons (Fsp3) is 0.360. The van der Waals surface area contributed by atoms with E-state index in [0.29, 0.717) is 80.4 Å². The number of aromatic nitrogens is 4. The van der Waals surface area contributed by atoms with Gasteiger partial charge in [-0.15, -0.1) is 0 Å². The summed E-state index contributed by atoms with van der Waals surface area (Å²) in [6.07, 6.45) is 6.80. The second kappa shape index (κ2) is 19.1. The molecule has 2 fully saturated rings. The molecule has 2 aromatic carbocycles. The molecule has 4 aromatic heterocycles. The summed E-state index contributed by atoms with van der Waals surface area (Å²) >= 11 is 14.4. The van der Waals surface area contributed by atoms with E-state index in [1.165, 1.54) is 31.0 Å². The lowest BCUT2D eigenvalue weighted by Crippen LogP contribution is -2.44. The third-order valence-corrected chi connectivity index (χ3v) is 12.4. The molecule has 0 unspecified atom stereocenters. The third kappa shape index (κ3) is 10.7. The van der Waals surface area contributed by atoms with E-state index in [2.05, 4.69) is 20.6 Å². The van der Waals surface area contributed by atoms with Crippen molar-refractivity contribution < 1.29 is 28.7 Å². The summed E-state index contributed by atoms with van der Waals surface area (Å²) < 4.78 is 14.1. The molecule has 16 nitrogen and oxygen atoms in total. The van der Waals surface area contributed by atoms with Crippen molar-refractivity contribution >= 4 is 58.5 Å². The molecule has 2 N–H and O–H groups in total. The Hall–Kier alpha value is -6.78. The standard InChI is InChI=1S/C50H52Cl2N8O8/c1-49(2,3)67-47(65)57(27-33-13-15-41(61)55-33)25-31-23-53-39-21-29(17-19-59(39)45(31)63)35-9-7-11-37(43(35)51)38-12-8-10-36(44(38)52)30-18-20-60-40(22-30)54-24-32(46(60)64)26-58(48(66)68-50(4,5)6)28-34-14-16-42(62)56-34/h7-12,17-24,33-34H,13-16,25-28H2,1-6H3,(H,55,61)(H,56,62)/t33-,34-/m0/s1. The lowest BCUT2D eigenvalue weighted by Gasteiger charge is -2.29. The van der Waals surface area contributed by atoms with Gasteiger partial charge in [0.15, 0.2) is 0 Å². The first kappa shape index (κ1) is 47.7. The van der Waals surface area contributed by atoms with E-state index in [1.54, 1.807) is 78.2 Å². The molecule has 4 amide bonds. The number of ether oxygens (including phenoxy) is 2. The van der Waals surface area contributed by atoms with Crippen LogP contribution in [-0.2, 0) is 32.2 Å². The summed E-state index contributed by atoms with van der Waals surface area (Å²) in [5, 5.41) is 6.58. The largest absolute Gasteiger partial charge is 0.444 e. The average molecular weight is 964 g/mol. The van der Waals surface area contributed by atoms with Gasteiger partial charge < -0.3 is 29.9 Å². The van der Waals surface area contributed by atoms with Gasteiger partial charge in [0.2, 0.25) is 11.8 Å². The summed E-state index contributed by atoms with van der Waals surface area (Å²) in [7, 11) is 0. The van der Waals surface area contributed by atoms with Crippen molar-refractivity contribution in [2.75, 3.05) is 13.1 Å². The molecule has 2 saturated heterocycles. The Morgan fingerprint density at radius 2 is 1.01 bits per heavy atom. The molecule has 2 atom stereocenters. The number of benzene rings is 2. The summed E-state index contributed by atoms with van der Waals surface area (Å²) in [4.78, 5) is 90.1. The van der Waals surface area contributed by atoms with Gasteiger partial charge in [0.25, 0.3) is 11.1 Å². The second-order valence-electron chi connectivity index (χ2n) is 19.1. The number of carbonyl (C=O) groups is 4. The molecule has 8 rings (SSSR count). The molecule has 0 spiro atoms. The van der Waals surface area contributed by atoms with Gasteiger partial charge in [-0.1, -0.05) is 59.6 Å². The number of halogens is 2. The first-order chi connectivity index (χ1) is 32.2. The molecule has 2 aliphatic heterocycles. The van der Waals surface area contributed by atoms with Crippen LogP contribution in [0, 0.1) is 0 Å². The zero-order valence-electron chi connectivity index (χ0n) is 38.6. The van der Waals surface area contributed by atoms with Crippen molar-refractivity contribution in [2.45, 2.75) is 104 Å². The number of carbonyl (C=O) groups excluding carboxylic acids is 4. The summed E-state index contributed by atoms with van der Waals surface area (Å²) in [6.45, 7) is 10.8. The Labute approximate surface area is 402 Å². The van der Waals surface area contributed by atoms with Crippen molar-refractivity contribution in [3.63, 3.8) is 0 Å². The minimum Gasteiger partial charge on any atom is -0.444 e. The molecule has 0 radical (unpaired) electrons. The second-order valence-corrected chi connectivity index (χ2v) is 19.9. The van der Waals surface area contributed by atoms with Gasteiger partial charge in [-0.2, -0.15) is 0 Å². The smallest absolute Gasteiger partial charge is 0.410 e. The number of nitrogens with one attached hydrogen (secondary N) is 2. The van der Waals surface area contributed by atoms with E-state index < -0.39 is 23.4 Å². The average Bonchev–Trinajstić information content (AvgIpc) is 3.89. The highest BCUT2D eigenvalue weighted by atomic mass is 35.5. The van der Waals surface area contributed by atoms with Crippen LogP contribution < -0.4 is 21.8 Å². The van der Waals surface area contributed by atoms with Gasteiger partial charge in [-0.3, -0.25) is 28.0 Å². The molecule has 6 heterocycles. The minimum atomic E-state index is -0.769. The fourth-order valence-electron chi connectivity index (χ4n) is 8.34. The lowest BCUT2D eigenvalue weighted by atomic mass is 9.96. The molecule has 68 heavy (non-hydrogen) atoms. The Morgan fingerprint density at radius 1 is 0.632 bits per heavy atom. The van der Waals surface area contributed by atoms with E-state index in [4.69, 9.17) is 32.7 Å². The Morgan fingerprint density at radius 3 is 1.37 bits per heavy atom. The van der Waals surface area contributed by atoms with Crippen molar-refractivity contribution in [1.29, 1.82) is 0 Å². The molecule has 0 saturated carbocycles. The molecular formula is C50H52Cl2N8O8. The van der Waals surface area contributed by atoms with Crippen molar-refractivity contribution in [3.05, 3.63) is 127 Å². The van der Waals surface area contributed by atoms with Gasteiger partial charge in [-0.05, 0) is 89.8 Å². The predicted molar refractivity (Wildman–Crippen MR) is 258 cm³/mol. The molecular weight excluding hydrogens is 912 g/mol. The van der Waals surface area contributed by atoms with E-state index >= 15 is 0 Å². The maximum absolute atomic E-state index is 13.9. The number of rotatable bonds is 11. The van der Waals surface area contributed by atoms with Crippen molar-refractivity contribution in [2.24, 2.45) is 0 Å². The first-order valence-corrected chi connectivity index (χ1v) is 23.1. The van der Waals surface area contributed by atoms with Crippen molar-refractivity contribution in [1.82, 2.24) is 39.2 Å². The fourth-order valence-corrected chi connectivity index (χ4v) is 9.01. The van der Waals surface area contributed by atoms with E-state index in [9.17, 15) is 28.8 Å². The van der Waals surface area contributed by atoms with E-state index in [-0.39, 0.29) is 72.3 Å². The first-order valence-electron chi connectivity index (χ1n) is 22.3.